The SMILES string of the molecule is CCCNC(c1ccc(F)c(F)c1)c1ccccn1. The van der Waals surface area contributed by atoms with Crippen LogP contribution in [0, 0.1) is 11.6 Å². The first kappa shape index (κ1) is 13.6. The minimum Gasteiger partial charge on any atom is -0.305 e. The second kappa shape index (κ2) is 6.38. The summed E-state index contributed by atoms with van der Waals surface area (Å²) >= 11 is 0. The molecule has 0 radical (unpaired) electrons. The molecule has 2 rings (SSSR count). The Morgan fingerprint density at radius 3 is 2.63 bits per heavy atom. The fraction of sp³-hybridized carbons (Fsp3) is 0.267. The number of benzene rings is 1. The van der Waals surface area contributed by atoms with Crippen LogP contribution < -0.4 is 5.32 Å². The van der Waals surface area contributed by atoms with Gasteiger partial charge >= 0.3 is 0 Å². The molecule has 1 heterocycles. The molecular weight excluding hydrogens is 246 g/mol. The molecular formula is C15H16F2N2. The van der Waals surface area contributed by atoms with E-state index in [2.05, 4.69) is 10.3 Å². The Hall–Kier alpha value is -1.81. The summed E-state index contributed by atoms with van der Waals surface area (Å²) < 4.78 is 26.4. The lowest BCUT2D eigenvalue weighted by atomic mass is 10.0. The van der Waals surface area contributed by atoms with Crippen molar-refractivity contribution in [3.05, 3.63) is 65.5 Å². The zero-order valence-electron chi connectivity index (χ0n) is 10.7. The number of nitrogens with zero attached hydrogens (tertiary/aromatic N) is 1. The van der Waals surface area contributed by atoms with Gasteiger partial charge in [0.1, 0.15) is 0 Å². The Bertz CT molecular complexity index is 529. The zero-order valence-corrected chi connectivity index (χ0v) is 10.7. The quantitative estimate of drug-likeness (QED) is 0.892. The highest BCUT2D eigenvalue weighted by molar-refractivity contribution is 5.28. The Morgan fingerprint density at radius 2 is 2.00 bits per heavy atom. The summed E-state index contributed by atoms with van der Waals surface area (Å²) in [6, 6.07) is 9.30. The summed E-state index contributed by atoms with van der Waals surface area (Å²) in [5, 5.41) is 3.30. The minimum atomic E-state index is -0.836. The van der Waals surface area contributed by atoms with Gasteiger partial charge in [-0.1, -0.05) is 19.1 Å². The van der Waals surface area contributed by atoms with Gasteiger partial charge in [-0.3, -0.25) is 4.98 Å². The molecule has 1 atom stereocenters. The summed E-state index contributed by atoms with van der Waals surface area (Å²) in [6.45, 7) is 2.83. The molecule has 2 aromatic rings. The molecule has 1 aromatic carbocycles. The van der Waals surface area contributed by atoms with Crippen molar-refractivity contribution in [2.45, 2.75) is 19.4 Å². The van der Waals surface area contributed by atoms with Crippen LogP contribution in [0.1, 0.15) is 30.6 Å². The maximum atomic E-state index is 13.4. The molecule has 2 nitrogen and oxygen atoms in total. The average Bonchev–Trinajstić information content (AvgIpc) is 2.44. The van der Waals surface area contributed by atoms with Crippen LogP contribution in [0.4, 0.5) is 8.78 Å². The van der Waals surface area contributed by atoms with Crippen molar-refractivity contribution in [2.24, 2.45) is 0 Å². The standard InChI is InChI=1S/C15H16F2N2/c1-2-8-19-15(14-5-3-4-9-18-14)11-6-7-12(16)13(17)10-11/h3-7,9-10,15,19H,2,8H2,1H3. The van der Waals surface area contributed by atoms with Crippen LogP contribution in [0.15, 0.2) is 42.6 Å². The first-order chi connectivity index (χ1) is 9.22. The van der Waals surface area contributed by atoms with E-state index in [1.165, 1.54) is 6.07 Å². The molecule has 0 fully saturated rings. The number of halogens is 2. The normalized spacial score (nSPS) is 12.4. The van der Waals surface area contributed by atoms with Gasteiger partial charge in [0.25, 0.3) is 0 Å². The van der Waals surface area contributed by atoms with E-state index in [0.717, 1.165) is 24.7 Å². The van der Waals surface area contributed by atoms with Crippen LogP contribution in [-0.4, -0.2) is 11.5 Å². The number of pyridine rings is 1. The molecule has 0 spiro atoms. The Labute approximate surface area is 111 Å². The lowest BCUT2D eigenvalue weighted by Crippen LogP contribution is -2.24. The average molecular weight is 262 g/mol. The monoisotopic (exact) mass is 262 g/mol. The fourth-order valence-corrected chi connectivity index (χ4v) is 1.92. The summed E-state index contributed by atoms with van der Waals surface area (Å²) in [6.07, 6.45) is 2.64. The van der Waals surface area contributed by atoms with Crippen molar-refractivity contribution >= 4 is 0 Å². The number of hydrogen-bond acceptors (Lipinski definition) is 2. The zero-order chi connectivity index (χ0) is 13.7. The minimum absolute atomic E-state index is 0.226. The lowest BCUT2D eigenvalue weighted by molar-refractivity contribution is 0.502. The van der Waals surface area contributed by atoms with Gasteiger partial charge in [0.2, 0.25) is 0 Å². The van der Waals surface area contributed by atoms with Crippen LogP contribution in [0.25, 0.3) is 0 Å². The van der Waals surface area contributed by atoms with E-state index in [4.69, 9.17) is 0 Å². The predicted octanol–water partition coefficient (Wildman–Crippen LogP) is 3.45. The van der Waals surface area contributed by atoms with E-state index in [9.17, 15) is 8.78 Å². The van der Waals surface area contributed by atoms with Gasteiger partial charge in [-0.25, -0.2) is 8.78 Å². The third kappa shape index (κ3) is 3.35. The summed E-state index contributed by atoms with van der Waals surface area (Å²) in [7, 11) is 0. The lowest BCUT2D eigenvalue weighted by Gasteiger charge is -2.18. The molecule has 1 N–H and O–H groups in total. The van der Waals surface area contributed by atoms with Crippen LogP contribution in [0.5, 0.6) is 0 Å². The van der Waals surface area contributed by atoms with Crippen molar-refractivity contribution in [3.8, 4) is 0 Å². The Morgan fingerprint density at radius 1 is 1.16 bits per heavy atom. The molecule has 0 bridgehead atoms. The molecule has 0 amide bonds. The maximum absolute atomic E-state index is 13.4. The van der Waals surface area contributed by atoms with Gasteiger partial charge in [0, 0.05) is 6.20 Å². The topological polar surface area (TPSA) is 24.9 Å². The van der Waals surface area contributed by atoms with Crippen molar-refractivity contribution < 1.29 is 8.78 Å². The first-order valence-electron chi connectivity index (χ1n) is 6.31. The largest absolute Gasteiger partial charge is 0.305 e. The molecule has 0 aliphatic carbocycles. The molecule has 1 aromatic heterocycles. The van der Waals surface area contributed by atoms with E-state index in [1.54, 1.807) is 12.3 Å². The van der Waals surface area contributed by atoms with Crippen LogP contribution in [-0.2, 0) is 0 Å². The van der Waals surface area contributed by atoms with Gasteiger partial charge < -0.3 is 5.32 Å². The van der Waals surface area contributed by atoms with Crippen molar-refractivity contribution in [2.75, 3.05) is 6.54 Å². The second-order valence-corrected chi connectivity index (χ2v) is 4.32. The van der Waals surface area contributed by atoms with Gasteiger partial charge in [-0.15, -0.1) is 0 Å². The van der Waals surface area contributed by atoms with E-state index in [0.29, 0.717) is 5.56 Å². The maximum Gasteiger partial charge on any atom is 0.159 e. The van der Waals surface area contributed by atoms with Crippen LogP contribution in [0.2, 0.25) is 0 Å². The highest BCUT2D eigenvalue weighted by atomic mass is 19.2. The first-order valence-corrected chi connectivity index (χ1v) is 6.31. The van der Waals surface area contributed by atoms with Crippen molar-refractivity contribution in [1.82, 2.24) is 10.3 Å². The summed E-state index contributed by atoms with van der Waals surface area (Å²) in [4.78, 5) is 4.28. The van der Waals surface area contributed by atoms with E-state index >= 15 is 0 Å². The molecule has 4 heteroatoms. The van der Waals surface area contributed by atoms with E-state index in [-0.39, 0.29) is 6.04 Å². The Balaban J connectivity index is 2.34. The smallest absolute Gasteiger partial charge is 0.159 e. The van der Waals surface area contributed by atoms with Crippen molar-refractivity contribution in [1.29, 1.82) is 0 Å². The summed E-state index contributed by atoms with van der Waals surface area (Å²) in [5.74, 6) is -1.67. The van der Waals surface area contributed by atoms with Gasteiger partial charge in [-0.2, -0.15) is 0 Å². The summed E-state index contributed by atoms with van der Waals surface area (Å²) in [5.41, 5.74) is 1.47. The van der Waals surface area contributed by atoms with Crippen molar-refractivity contribution in [3.63, 3.8) is 0 Å². The molecule has 0 aliphatic rings. The predicted molar refractivity (Wildman–Crippen MR) is 70.7 cm³/mol. The molecule has 0 saturated carbocycles. The molecule has 0 saturated heterocycles. The third-order valence-electron chi connectivity index (χ3n) is 2.86. The second-order valence-electron chi connectivity index (χ2n) is 4.32. The molecule has 0 aliphatic heterocycles. The fourth-order valence-electron chi connectivity index (χ4n) is 1.92. The number of aromatic nitrogens is 1. The van der Waals surface area contributed by atoms with E-state index in [1.807, 2.05) is 25.1 Å². The highest BCUT2D eigenvalue weighted by Crippen LogP contribution is 2.22. The molecule has 1 unspecified atom stereocenters. The Kier molecular flexibility index (Phi) is 4.58. The third-order valence-corrected chi connectivity index (χ3v) is 2.86. The highest BCUT2D eigenvalue weighted by Gasteiger charge is 2.16. The van der Waals surface area contributed by atoms with Crippen LogP contribution >= 0.6 is 0 Å². The van der Waals surface area contributed by atoms with Gasteiger partial charge in [0.15, 0.2) is 11.6 Å². The number of nitrogens with one attached hydrogen (secondary N) is 1. The molecule has 19 heavy (non-hydrogen) atoms. The van der Waals surface area contributed by atoms with Gasteiger partial charge in [0.05, 0.1) is 11.7 Å². The van der Waals surface area contributed by atoms with Gasteiger partial charge in [-0.05, 0) is 42.8 Å². The number of hydrogen-bond donors (Lipinski definition) is 1. The molecule has 100 valence electrons. The number of rotatable bonds is 5. The van der Waals surface area contributed by atoms with Crippen LogP contribution in [0.3, 0.4) is 0 Å². The van der Waals surface area contributed by atoms with E-state index < -0.39 is 11.6 Å².